The third kappa shape index (κ3) is 2.09. The molecule has 1 amide bonds. The van der Waals surface area contributed by atoms with Crippen LogP contribution in [0.2, 0.25) is 0 Å². The monoisotopic (exact) mass is 308 g/mol. The molecule has 2 heterocycles. The second-order valence-electron chi connectivity index (χ2n) is 7.92. The normalized spacial score (nSPS) is 34.1. The summed E-state index contributed by atoms with van der Waals surface area (Å²) >= 11 is 0. The summed E-state index contributed by atoms with van der Waals surface area (Å²) in [6.45, 7) is 3.45. The Kier molecular flexibility index (Phi) is 2.96. The van der Waals surface area contributed by atoms with Crippen molar-refractivity contribution in [2.24, 2.45) is 17.8 Å². The molecule has 2 bridgehead atoms. The standard InChI is InChI=1S/C20H24N2O/c23-19-17-3-1-2-4-18(17)20(21-19)7-9-22(10-8-20)13-16-12-14-5-6-15(16)11-14/h1-6,14-16H,7-13H2,(H,21,23). The first kappa shape index (κ1) is 13.8. The van der Waals surface area contributed by atoms with Crippen molar-refractivity contribution in [1.29, 1.82) is 0 Å². The van der Waals surface area contributed by atoms with Gasteiger partial charge in [-0.15, -0.1) is 0 Å². The van der Waals surface area contributed by atoms with Gasteiger partial charge < -0.3 is 10.2 Å². The number of likely N-dealkylation sites (tertiary alicyclic amines) is 1. The van der Waals surface area contributed by atoms with Gasteiger partial charge in [-0.1, -0.05) is 30.4 Å². The first-order valence-corrected chi connectivity index (χ1v) is 9.06. The van der Waals surface area contributed by atoms with Crippen molar-refractivity contribution in [1.82, 2.24) is 10.2 Å². The summed E-state index contributed by atoms with van der Waals surface area (Å²) in [6, 6.07) is 8.14. The van der Waals surface area contributed by atoms with Crippen LogP contribution in [0, 0.1) is 17.8 Å². The zero-order valence-electron chi connectivity index (χ0n) is 13.5. The van der Waals surface area contributed by atoms with Gasteiger partial charge in [-0.05, 0) is 55.1 Å². The van der Waals surface area contributed by atoms with Gasteiger partial charge in [0, 0.05) is 25.2 Å². The molecule has 2 aliphatic carbocycles. The third-order valence-corrected chi connectivity index (χ3v) is 6.66. The number of benzene rings is 1. The van der Waals surface area contributed by atoms with Crippen molar-refractivity contribution < 1.29 is 4.79 Å². The van der Waals surface area contributed by atoms with E-state index in [1.165, 1.54) is 24.9 Å². The van der Waals surface area contributed by atoms with Crippen LogP contribution in [-0.2, 0) is 5.54 Å². The summed E-state index contributed by atoms with van der Waals surface area (Å²) in [4.78, 5) is 14.9. The molecule has 0 radical (unpaired) electrons. The molecule has 5 rings (SSSR count). The molecule has 4 aliphatic rings. The third-order valence-electron chi connectivity index (χ3n) is 6.66. The van der Waals surface area contributed by atoms with E-state index in [-0.39, 0.29) is 11.4 Å². The van der Waals surface area contributed by atoms with Crippen LogP contribution in [0.4, 0.5) is 0 Å². The van der Waals surface area contributed by atoms with Gasteiger partial charge in [-0.3, -0.25) is 4.79 Å². The Balaban J connectivity index is 1.28. The smallest absolute Gasteiger partial charge is 0.252 e. The van der Waals surface area contributed by atoms with Gasteiger partial charge in [0.1, 0.15) is 0 Å². The Bertz CT molecular complexity index is 672. The summed E-state index contributed by atoms with van der Waals surface area (Å²) in [6.07, 6.45) is 9.77. The van der Waals surface area contributed by atoms with E-state index in [1.54, 1.807) is 0 Å². The number of allylic oxidation sites excluding steroid dienone is 2. The molecular formula is C20H24N2O. The fourth-order valence-electron chi connectivity index (χ4n) is 5.40. The maximum atomic E-state index is 12.3. The van der Waals surface area contributed by atoms with Crippen LogP contribution in [0.25, 0.3) is 0 Å². The van der Waals surface area contributed by atoms with Gasteiger partial charge in [0.05, 0.1) is 5.54 Å². The molecule has 1 saturated carbocycles. The lowest BCUT2D eigenvalue weighted by atomic mass is 9.81. The lowest BCUT2D eigenvalue weighted by molar-refractivity contribution is 0.0838. The zero-order valence-corrected chi connectivity index (χ0v) is 13.5. The number of hydrogen-bond donors (Lipinski definition) is 1. The van der Waals surface area contributed by atoms with E-state index in [2.05, 4.69) is 34.5 Å². The van der Waals surface area contributed by atoms with E-state index < -0.39 is 0 Å². The number of fused-ring (bicyclic) bond motifs is 4. The molecule has 2 aliphatic heterocycles. The lowest BCUT2D eigenvalue weighted by Gasteiger charge is -2.41. The van der Waals surface area contributed by atoms with E-state index in [0.29, 0.717) is 0 Å². The van der Waals surface area contributed by atoms with E-state index in [0.717, 1.165) is 49.2 Å². The number of carbonyl (C=O) groups is 1. The highest BCUT2D eigenvalue weighted by atomic mass is 16.2. The number of rotatable bonds is 2. The molecule has 3 heteroatoms. The van der Waals surface area contributed by atoms with Gasteiger partial charge in [-0.2, -0.15) is 0 Å². The minimum atomic E-state index is -0.0985. The Morgan fingerprint density at radius 2 is 1.96 bits per heavy atom. The van der Waals surface area contributed by atoms with Crippen LogP contribution in [0.15, 0.2) is 36.4 Å². The van der Waals surface area contributed by atoms with Crippen molar-refractivity contribution in [2.75, 3.05) is 19.6 Å². The Labute approximate surface area is 137 Å². The van der Waals surface area contributed by atoms with Gasteiger partial charge in [-0.25, -0.2) is 0 Å². The minimum Gasteiger partial charge on any atom is -0.342 e. The number of nitrogens with one attached hydrogen (secondary N) is 1. The van der Waals surface area contributed by atoms with Gasteiger partial charge >= 0.3 is 0 Å². The summed E-state index contributed by atoms with van der Waals surface area (Å²) < 4.78 is 0. The Morgan fingerprint density at radius 3 is 2.70 bits per heavy atom. The average Bonchev–Trinajstić information content (AvgIpc) is 3.25. The predicted octanol–water partition coefficient (Wildman–Crippen LogP) is 2.93. The molecule has 1 aromatic carbocycles. The molecule has 3 nitrogen and oxygen atoms in total. The molecule has 0 aromatic heterocycles. The van der Waals surface area contributed by atoms with Crippen molar-refractivity contribution >= 4 is 5.91 Å². The Morgan fingerprint density at radius 1 is 1.13 bits per heavy atom. The van der Waals surface area contributed by atoms with Crippen LogP contribution in [-0.4, -0.2) is 30.4 Å². The van der Waals surface area contributed by atoms with Crippen molar-refractivity contribution in [3.05, 3.63) is 47.5 Å². The number of nitrogens with zero attached hydrogens (tertiary/aromatic N) is 1. The molecule has 23 heavy (non-hydrogen) atoms. The van der Waals surface area contributed by atoms with Crippen molar-refractivity contribution in [3.63, 3.8) is 0 Å². The maximum Gasteiger partial charge on any atom is 0.252 e. The highest BCUT2D eigenvalue weighted by Crippen LogP contribution is 2.45. The summed E-state index contributed by atoms with van der Waals surface area (Å²) in [5.41, 5.74) is 2.02. The SMILES string of the molecule is O=C1NC2(CCN(CC3CC4C=CC3C4)CC2)c2ccccc21. The topological polar surface area (TPSA) is 32.3 Å². The van der Waals surface area contributed by atoms with E-state index >= 15 is 0 Å². The molecule has 2 fully saturated rings. The number of carbonyl (C=O) groups excluding carboxylic acids is 1. The van der Waals surface area contributed by atoms with Gasteiger partial charge in [0.15, 0.2) is 0 Å². The number of amides is 1. The largest absolute Gasteiger partial charge is 0.342 e. The quantitative estimate of drug-likeness (QED) is 0.852. The molecule has 3 atom stereocenters. The molecule has 1 aromatic rings. The highest BCUT2D eigenvalue weighted by Gasteiger charge is 2.45. The number of hydrogen-bond acceptors (Lipinski definition) is 2. The first-order valence-electron chi connectivity index (χ1n) is 9.06. The van der Waals surface area contributed by atoms with Crippen LogP contribution in [0.5, 0.6) is 0 Å². The first-order chi connectivity index (χ1) is 11.2. The molecule has 1 N–H and O–H groups in total. The summed E-state index contributed by atoms with van der Waals surface area (Å²) in [5.74, 6) is 2.68. The number of piperidine rings is 1. The highest BCUT2D eigenvalue weighted by molar-refractivity contribution is 6.00. The average molecular weight is 308 g/mol. The summed E-state index contributed by atoms with van der Waals surface area (Å²) in [5, 5.41) is 3.30. The van der Waals surface area contributed by atoms with Crippen LogP contribution >= 0.6 is 0 Å². The maximum absolute atomic E-state index is 12.3. The van der Waals surface area contributed by atoms with Crippen LogP contribution in [0.1, 0.15) is 41.6 Å². The second kappa shape index (κ2) is 4.94. The minimum absolute atomic E-state index is 0.0985. The molecule has 1 saturated heterocycles. The van der Waals surface area contributed by atoms with Gasteiger partial charge in [0.2, 0.25) is 0 Å². The molecule has 3 unspecified atom stereocenters. The van der Waals surface area contributed by atoms with E-state index in [9.17, 15) is 4.79 Å². The molecule has 120 valence electrons. The molecular weight excluding hydrogens is 284 g/mol. The molecule has 1 spiro atoms. The Hall–Kier alpha value is -1.61. The summed E-state index contributed by atoms with van der Waals surface area (Å²) in [7, 11) is 0. The fraction of sp³-hybridized carbons (Fsp3) is 0.550. The van der Waals surface area contributed by atoms with Gasteiger partial charge in [0.25, 0.3) is 5.91 Å². The van der Waals surface area contributed by atoms with Crippen molar-refractivity contribution in [3.8, 4) is 0 Å². The fourth-order valence-corrected chi connectivity index (χ4v) is 5.40. The lowest BCUT2D eigenvalue weighted by Crippen LogP contribution is -2.50. The van der Waals surface area contributed by atoms with E-state index in [1.807, 2.05) is 12.1 Å². The van der Waals surface area contributed by atoms with Crippen molar-refractivity contribution in [2.45, 2.75) is 31.2 Å². The second-order valence-corrected chi connectivity index (χ2v) is 7.92. The van der Waals surface area contributed by atoms with Crippen LogP contribution < -0.4 is 5.32 Å². The van der Waals surface area contributed by atoms with Crippen LogP contribution in [0.3, 0.4) is 0 Å². The van der Waals surface area contributed by atoms with E-state index in [4.69, 9.17) is 0 Å². The zero-order chi connectivity index (χ0) is 15.4. The predicted molar refractivity (Wildman–Crippen MR) is 90.1 cm³/mol.